The zero-order valence-electron chi connectivity index (χ0n) is 20.9. The summed E-state index contributed by atoms with van der Waals surface area (Å²) in [7, 11) is 6.70. The summed E-state index contributed by atoms with van der Waals surface area (Å²) in [5, 5.41) is 5.95. The molecular formula is C28H30N4O4. The lowest BCUT2D eigenvalue weighted by Gasteiger charge is -2.18. The van der Waals surface area contributed by atoms with E-state index in [9.17, 15) is 9.59 Å². The van der Waals surface area contributed by atoms with E-state index in [1.165, 1.54) is 0 Å². The van der Waals surface area contributed by atoms with Crippen molar-refractivity contribution in [3.8, 4) is 11.5 Å². The highest BCUT2D eigenvalue weighted by atomic mass is 16.5. The number of aliphatic imine (C=N–C) groups is 1. The number of ether oxygens (including phenoxy) is 2. The predicted octanol–water partition coefficient (Wildman–Crippen LogP) is 4.13. The first-order valence-corrected chi connectivity index (χ1v) is 11.7. The first-order chi connectivity index (χ1) is 17.5. The molecule has 0 spiro atoms. The highest BCUT2D eigenvalue weighted by Gasteiger charge is 2.36. The molecule has 8 nitrogen and oxygen atoms in total. The van der Waals surface area contributed by atoms with Gasteiger partial charge in [0.2, 0.25) is 11.8 Å². The van der Waals surface area contributed by atoms with Crippen molar-refractivity contribution in [3.05, 3.63) is 77.9 Å². The summed E-state index contributed by atoms with van der Waals surface area (Å²) < 4.78 is 10.9. The van der Waals surface area contributed by atoms with Crippen molar-refractivity contribution >= 4 is 34.6 Å². The number of nitrogens with zero attached hydrogens (tertiary/aromatic N) is 2. The van der Waals surface area contributed by atoms with Gasteiger partial charge >= 0.3 is 0 Å². The van der Waals surface area contributed by atoms with Crippen LogP contribution in [0.1, 0.15) is 23.5 Å². The van der Waals surface area contributed by atoms with E-state index in [-0.39, 0.29) is 11.8 Å². The molecule has 1 unspecified atom stereocenters. The van der Waals surface area contributed by atoms with Crippen molar-refractivity contribution in [1.82, 2.24) is 5.32 Å². The van der Waals surface area contributed by atoms with Crippen LogP contribution in [-0.2, 0) is 9.59 Å². The maximum absolute atomic E-state index is 13.2. The quantitative estimate of drug-likeness (QED) is 0.444. The van der Waals surface area contributed by atoms with Crippen LogP contribution in [0.25, 0.3) is 0 Å². The van der Waals surface area contributed by atoms with E-state index in [4.69, 9.17) is 14.5 Å². The third-order valence-corrected chi connectivity index (χ3v) is 6.18. The number of fused-ring (bicyclic) bond motifs is 1. The highest BCUT2D eigenvalue weighted by molar-refractivity contribution is 6.24. The van der Waals surface area contributed by atoms with Crippen molar-refractivity contribution in [1.29, 1.82) is 0 Å². The van der Waals surface area contributed by atoms with Gasteiger partial charge in [-0.15, -0.1) is 0 Å². The molecule has 2 N–H and O–H groups in total. The molecule has 1 aliphatic heterocycles. The van der Waals surface area contributed by atoms with Gasteiger partial charge in [-0.25, -0.2) is 0 Å². The van der Waals surface area contributed by atoms with Gasteiger partial charge < -0.3 is 25.0 Å². The number of hydrogen-bond acceptors (Lipinski definition) is 6. The third kappa shape index (κ3) is 5.08. The fraction of sp³-hybridized carbons (Fsp3) is 0.250. The normalized spacial score (nSPS) is 14.7. The average molecular weight is 487 g/mol. The molecule has 1 heterocycles. The molecular weight excluding hydrogens is 456 g/mol. The standard InChI is InChI=1S/C28H30N4O4/c1-29-15-14-25(33)32(2)20-12-10-19(11-13-20)30-27(18-8-6-5-7-9-18)26-21-16-23(35-3)24(36-4)17-22(21)31-28(26)34/h5-13,16-17,26,29H,14-15H2,1-4H3,(H,31,34). The SMILES string of the molecule is CNCCC(=O)N(C)c1ccc(N=C(c2ccccc2)C2C(=O)Nc3cc(OC)c(OC)cc32)cc1. The largest absolute Gasteiger partial charge is 0.493 e. The molecule has 0 fully saturated rings. The van der Waals surface area contributed by atoms with Gasteiger partial charge in [-0.3, -0.25) is 14.6 Å². The summed E-state index contributed by atoms with van der Waals surface area (Å²) in [4.78, 5) is 32.1. The third-order valence-electron chi connectivity index (χ3n) is 6.18. The molecule has 36 heavy (non-hydrogen) atoms. The molecule has 1 atom stereocenters. The number of methoxy groups -OCH3 is 2. The number of carbonyl (C=O) groups excluding carboxylic acids is 2. The number of benzene rings is 3. The number of nitrogens with one attached hydrogen (secondary N) is 2. The van der Waals surface area contributed by atoms with Gasteiger partial charge in [0.25, 0.3) is 0 Å². The Labute approximate surface area is 210 Å². The Morgan fingerprint density at radius 2 is 1.69 bits per heavy atom. The van der Waals surface area contributed by atoms with Crippen molar-refractivity contribution in [2.75, 3.05) is 45.1 Å². The van der Waals surface area contributed by atoms with E-state index in [0.717, 1.165) is 16.8 Å². The van der Waals surface area contributed by atoms with Crippen LogP contribution in [0, 0.1) is 0 Å². The highest BCUT2D eigenvalue weighted by Crippen LogP contribution is 2.42. The van der Waals surface area contributed by atoms with Gasteiger partial charge in [0.15, 0.2) is 11.5 Å². The second-order valence-electron chi connectivity index (χ2n) is 8.40. The van der Waals surface area contributed by atoms with Gasteiger partial charge in [0, 0.05) is 37.5 Å². The minimum absolute atomic E-state index is 0.0224. The van der Waals surface area contributed by atoms with Crippen molar-refractivity contribution < 1.29 is 19.1 Å². The Balaban J connectivity index is 1.73. The van der Waals surface area contributed by atoms with Crippen molar-refractivity contribution in [3.63, 3.8) is 0 Å². The Morgan fingerprint density at radius 3 is 2.33 bits per heavy atom. The molecule has 4 rings (SSSR count). The maximum Gasteiger partial charge on any atom is 0.238 e. The van der Waals surface area contributed by atoms with Crippen LogP contribution >= 0.6 is 0 Å². The topological polar surface area (TPSA) is 92.3 Å². The number of carbonyl (C=O) groups is 2. The molecule has 0 aromatic heterocycles. The zero-order valence-corrected chi connectivity index (χ0v) is 20.9. The Hall–Kier alpha value is -4.17. The van der Waals surface area contributed by atoms with Crippen LogP contribution in [0.5, 0.6) is 11.5 Å². The molecule has 3 aromatic rings. The summed E-state index contributed by atoms with van der Waals surface area (Å²) >= 11 is 0. The van der Waals surface area contributed by atoms with Gasteiger partial charge in [-0.05, 0) is 48.5 Å². The lowest BCUT2D eigenvalue weighted by atomic mass is 9.90. The van der Waals surface area contributed by atoms with E-state index in [1.54, 1.807) is 32.2 Å². The zero-order chi connectivity index (χ0) is 25.7. The number of hydrogen-bond donors (Lipinski definition) is 2. The number of anilines is 2. The summed E-state index contributed by atoms with van der Waals surface area (Å²) in [5.41, 5.74) is 4.34. The Kier molecular flexibility index (Phi) is 7.65. The summed E-state index contributed by atoms with van der Waals surface area (Å²) in [6.45, 7) is 0.619. The number of amides is 2. The molecule has 0 saturated heterocycles. The van der Waals surface area contributed by atoms with Crippen LogP contribution in [0.3, 0.4) is 0 Å². The monoisotopic (exact) mass is 486 g/mol. The molecule has 2 amide bonds. The second-order valence-corrected chi connectivity index (χ2v) is 8.40. The summed E-state index contributed by atoms with van der Waals surface area (Å²) in [6.07, 6.45) is 0.412. The van der Waals surface area contributed by atoms with Crippen molar-refractivity contribution in [2.45, 2.75) is 12.3 Å². The molecule has 0 aliphatic carbocycles. The van der Waals surface area contributed by atoms with E-state index >= 15 is 0 Å². The minimum Gasteiger partial charge on any atom is -0.493 e. The molecule has 3 aromatic carbocycles. The molecule has 186 valence electrons. The second kappa shape index (κ2) is 11.0. The smallest absolute Gasteiger partial charge is 0.238 e. The summed E-state index contributed by atoms with van der Waals surface area (Å²) in [5.74, 6) is 0.302. The van der Waals surface area contributed by atoms with Crippen LogP contribution < -0.4 is 25.0 Å². The fourth-order valence-corrected chi connectivity index (χ4v) is 4.20. The van der Waals surface area contributed by atoms with Gasteiger partial charge in [-0.2, -0.15) is 0 Å². The Bertz CT molecular complexity index is 1270. The first-order valence-electron chi connectivity index (χ1n) is 11.7. The van der Waals surface area contributed by atoms with Crippen LogP contribution in [0.4, 0.5) is 17.1 Å². The van der Waals surface area contributed by atoms with Crippen LogP contribution in [0.15, 0.2) is 71.7 Å². The van der Waals surface area contributed by atoms with Gasteiger partial charge in [0.05, 0.1) is 25.6 Å². The van der Waals surface area contributed by atoms with Gasteiger partial charge in [-0.1, -0.05) is 30.3 Å². The molecule has 8 heteroatoms. The van der Waals surface area contributed by atoms with Gasteiger partial charge in [0.1, 0.15) is 5.92 Å². The molecule has 1 aliphatic rings. The van der Waals surface area contributed by atoms with E-state index in [1.807, 2.05) is 67.7 Å². The maximum atomic E-state index is 13.2. The molecule has 0 bridgehead atoms. The van der Waals surface area contributed by atoms with E-state index < -0.39 is 5.92 Å². The van der Waals surface area contributed by atoms with Crippen LogP contribution in [0.2, 0.25) is 0 Å². The average Bonchev–Trinajstić information content (AvgIpc) is 3.24. The Morgan fingerprint density at radius 1 is 1.03 bits per heavy atom. The predicted molar refractivity (Wildman–Crippen MR) is 142 cm³/mol. The van der Waals surface area contributed by atoms with Crippen molar-refractivity contribution in [2.24, 2.45) is 4.99 Å². The molecule has 0 radical (unpaired) electrons. The van der Waals surface area contributed by atoms with E-state index in [0.29, 0.717) is 41.6 Å². The number of rotatable bonds is 9. The minimum atomic E-state index is -0.632. The fourth-order valence-electron chi connectivity index (χ4n) is 4.20. The lowest BCUT2D eigenvalue weighted by molar-refractivity contribution is -0.118. The molecule has 0 saturated carbocycles. The van der Waals surface area contributed by atoms with E-state index in [2.05, 4.69) is 10.6 Å². The summed E-state index contributed by atoms with van der Waals surface area (Å²) in [6, 6.07) is 20.6. The lowest BCUT2D eigenvalue weighted by Crippen LogP contribution is -2.28. The first kappa shape index (κ1) is 24.9. The van der Waals surface area contributed by atoms with Crippen LogP contribution in [-0.4, -0.2) is 52.4 Å².